The predicted molar refractivity (Wildman–Crippen MR) is 65.4 cm³/mol. The lowest BCUT2D eigenvalue weighted by Gasteiger charge is -2.38. The molecule has 16 heavy (non-hydrogen) atoms. The summed E-state index contributed by atoms with van der Waals surface area (Å²) in [7, 11) is 0. The lowest BCUT2D eigenvalue weighted by Crippen LogP contribution is -2.37. The number of hydrogen-bond acceptors (Lipinski definition) is 3. The van der Waals surface area contributed by atoms with Gasteiger partial charge < -0.3 is 10.0 Å². The largest absolute Gasteiger partial charge is 0.392 e. The lowest BCUT2D eigenvalue weighted by atomic mass is 9.82. The van der Waals surface area contributed by atoms with Gasteiger partial charge in [-0.25, -0.2) is 0 Å². The smallest absolute Gasteiger partial charge is 0.0703 e. The molecule has 2 heterocycles. The molecule has 0 atom stereocenters. The van der Waals surface area contributed by atoms with Crippen LogP contribution in [-0.4, -0.2) is 23.2 Å². The molecule has 1 aliphatic heterocycles. The van der Waals surface area contributed by atoms with Crippen LogP contribution in [0.4, 0.5) is 5.69 Å². The maximum atomic E-state index is 9.30. The van der Waals surface area contributed by atoms with Gasteiger partial charge in [0.05, 0.1) is 18.5 Å². The van der Waals surface area contributed by atoms with Crippen molar-refractivity contribution < 1.29 is 5.11 Å². The van der Waals surface area contributed by atoms with Crippen LogP contribution in [0, 0.1) is 5.41 Å². The summed E-state index contributed by atoms with van der Waals surface area (Å²) in [5.41, 5.74) is 2.54. The minimum atomic E-state index is 0.0950. The maximum Gasteiger partial charge on any atom is 0.0703 e. The molecule has 0 aromatic carbocycles. The Balaban J connectivity index is 2.14. The van der Waals surface area contributed by atoms with Crippen molar-refractivity contribution in [1.29, 1.82) is 0 Å². The number of nitrogens with zero attached hydrogens (tertiary/aromatic N) is 2. The van der Waals surface area contributed by atoms with Crippen LogP contribution in [0.15, 0.2) is 18.5 Å². The number of rotatable bonds is 2. The van der Waals surface area contributed by atoms with E-state index in [1.165, 1.54) is 12.8 Å². The summed E-state index contributed by atoms with van der Waals surface area (Å²) in [6.45, 7) is 6.86. The number of aliphatic hydroxyl groups is 1. The lowest BCUT2D eigenvalue weighted by molar-refractivity contribution is 0.272. The van der Waals surface area contributed by atoms with Gasteiger partial charge in [0.15, 0.2) is 0 Å². The van der Waals surface area contributed by atoms with Gasteiger partial charge in [0.25, 0.3) is 0 Å². The molecule has 88 valence electrons. The molecule has 1 aliphatic rings. The van der Waals surface area contributed by atoms with Gasteiger partial charge in [0.1, 0.15) is 0 Å². The molecule has 1 saturated heterocycles. The highest BCUT2D eigenvalue weighted by Crippen LogP contribution is 2.32. The quantitative estimate of drug-likeness (QED) is 0.830. The van der Waals surface area contributed by atoms with Gasteiger partial charge in [-0.2, -0.15) is 0 Å². The molecule has 0 spiro atoms. The Kier molecular flexibility index (Phi) is 3.15. The first-order valence-electron chi connectivity index (χ1n) is 5.91. The molecule has 1 N–H and O–H groups in total. The molecular weight excluding hydrogens is 200 g/mol. The molecule has 0 radical (unpaired) electrons. The second-order valence-corrected chi connectivity index (χ2v) is 5.31. The van der Waals surface area contributed by atoms with E-state index in [-0.39, 0.29) is 6.61 Å². The van der Waals surface area contributed by atoms with Crippen LogP contribution in [0.1, 0.15) is 32.3 Å². The Morgan fingerprint density at radius 2 is 2.06 bits per heavy atom. The molecule has 0 amide bonds. The first-order valence-corrected chi connectivity index (χ1v) is 5.91. The van der Waals surface area contributed by atoms with Crippen LogP contribution in [0.5, 0.6) is 0 Å². The molecule has 0 bridgehead atoms. The first-order chi connectivity index (χ1) is 7.62. The van der Waals surface area contributed by atoms with Crippen LogP contribution in [-0.2, 0) is 6.61 Å². The fourth-order valence-corrected chi connectivity index (χ4v) is 2.19. The third-order valence-corrected chi connectivity index (χ3v) is 3.52. The number of pyridine rings is 1. The van der Waals surface area contributed by atoms with Crippen molar-refractivity contribution >= 4 is 5.69 Å². The van der Waals surface area contributed by atoms with E-state index in [0.29, 0.717) is 5.41 Å². The van der Waals surface area contributed by atoms with Crippen molar-refractivity contribution in [2.24, 2.45) is 5.41 Å². The number of aliphatic hydroxyl groups excluding tert-OH is 1. The van der Waals surface area contributed by atoms with Gasteiger partial charge in [0.2, 0.25) is 0 Å². The number of piperidine rings is 1. The Morgan fingerprint density at radius 1 is 1.38 bits per heavy atom. The summed E-state index contributed by atoms with van der Waals surface area (Å²) < 4.78 is 0. The first kappa shape index (κ1) is 11.4. The molecule has 3 heteroatoms. The monoisotopic (exact) mass is 220 g/mol. The molecule has 1 aromatic heterocycles. The Labute approximate surface area is 97.1 Å². The highest BCUT2D eigenvalue weighted by Gasteiger charge is 2.26. The Hall–Kier alpha value is -1.09. The van der Waals surface area contributed by atoms with Crippen molar-refractivity contribution in [1.82, 2.24) is 4.98 Å². The number of anilines is 1. The molecule has 1 aromatic rings. The van der Waals surface area contributed by atoms with Crippen LogP contribution in [0.3, 0.4) is 0 Å². The minimum Gasteiger partial charge on any atom is -0.392 e. The van der Waals surface area contributed by atoms with Crippen LogP contribution in [0.2, 0.25) is 0 Å². The van der Waals surface area contributed by atoms with Crippen molar-refractivity contribution in [3.05, 3.63) is 24.0 Å². The van der Waals surface area contributed by atoms with E-state index in [1.54, 1.807) is 6.20 Å². The molecule has 3 nitrogen and oxygen atoms in total. The van der Waals surface area contributed by atoms with Gasteiger partial charge >= 0.3 is 0 Å². The van der Waals surface area contributed by atoms with Gasteiger partial charge in [-0.1, -0.05) is 13.8 Å². The van der Waals surface area contributed by atoms with E-state index < -0.39 is 0 Å². The summed E-state index contributed by atoms with van der Waals surface area (Å²) in [6, 6.07) is 1.90. The summed E-state index contributed by atoms with van der Waals surface area (Å²) in [4.78, 5) is 6.49. The third kappa shape index (κ3) is 2.35. The van der Waals surface area contributed by atoms with E-state index in [1.807, 2.05) is 12.3 Å². The van der Waals surface area contributed by atoms with E-state index in [9.17, 15) is 5.11 Å². The molecule has 0 saturated carbocycles. The summed E-state index contributed by atoms with van der Waals surface area (Å²) in [5, 5.41) is 9.30. The van der Waals surface area contributed by atoms with E-state index in [0.717, 1.165) is 24.3 Å². The van der Waals surface area contributed by atoms with Crippen molar-refractivity contribution in [2.75, 3.05) is 18.0 Å². The fourth-order valence-electron chi connectivity index (χ4n) is 2.19. The molecule has 2 rings (SSSR count). The van der Waals surface area contributed by atoms with Crippen LogP contribution in [0.25, 0.3) is 0 Å². The van der Waals surface area contributed by atoms with E-state index in [2.05, 4.69) is 23.7 Å². The second kappa shape index (κ2) is 4.42. The summed E-state index contributed by atoms with van der Waals surface area (Å²) >= 11 is 0. The number of aromatic nitrogens is 1. The van der Waals surface area contributed by atoms with Crippen LogP contribution >= 0.6 is 0 Å². The minimum absolute atomic E-state index is 0.0950. The highest BCUT2D eigenvalue weighted by molar-refractivity contribution is 5.51. The topological polar surface area (TPSA) is 36.4 Å². The molecule has 0 unspecified atom stereocenters. The predicted octanol–water partition coefficient (Wildman–Crippen LogP) is 2.20. The average molecular weight is 220 g/mol. The van der Waals surface area contributed by atoms with Gasteiger partial charge in [0, 0.05) is 24.8 Å². The average Bonchev–Trinajstić information content (AvgIpc) is 2.29. The van der Waals surface area contributed by atoms with Gasteiger partial charge in [-0.3, -0.25) is 4.98 Å². The third-order valence-electron chi connectivity index (χ3n) is 3.52. The SMILES string of the molecule is CC1(C)CCN(c2cnccc2CO)CC1. The zero-order valence-corrected chi connectivity index (χ0v) is 10.1. The van der Waals surface area contributed by atoms with Crippen molar-refractivity contribution in [3.63, 3.8) is 0 Å². The van der Waals surface area contributed by atoms with Gasteiger partial charge in [-0.05, 0) is 24.3 Å². The van der Waals surface area contributed by atoms with Crippen LogP contribution < -0.4 is 4.90 Å². The van der Waals surface area contributed by atoms with E-state index in [4.69, 9.17) is 0 Å². The molecular formula is C13H20N2O. The van der Waals surface area contributed by atoms with E-state index >= 15 is 0 Å². The number of hydrogen-bond donors (Lipinski definition) is 1. The standard InChI is InChI=1S/C13H20N2O/c1-13(2)4-7-15(8-5-13)12-9-14-6-3-11(12)10-16/h3,6,9,16H,4-5,7-8,10H2,1-2H3. The molecule has 0 aliphatic carbocycles. The van der Waals surface area contributed by atoms with Crippen molar-refractivity contribution in [2.45, 2.75) is 33.3 Å². The zero-order valence-electron chi connectivity index (χ0n) is 10.1. The fraction of sp³-hybridized carbons (Fsp3) is 0.615. The zero-order chi connectivity index (χ0) is 11.6. The normalized spacial score (nSPS) is 19.8. The van der Waals surface area contributed by atoms with Crippen molar-refractivity contribution in [3.8, 4) is 0 Å². The highest BCUT2D eigenvalue weighted by atomic mass is 16.3. The summed E-state index contributed by atoms with van der Waals surface area (Å²) in [5.74, 6) is 0. The Bertz CT molecular complexity index is 353. The second-order valence-electron chi connectivity index (χ2n) is 5.31. The Morgan fingerprint density at radius 3 is 2.69 bits per heavy atom. The maximum absolute atomic E-state index is 9.30. The molecule has 1 fully saturated rings. The summed E-state index contributed by atoms with van der Waals surface area (Å²) in [6.07, 6.45) is 6.01. The van der Waals surface area contributed by atoms with Gasteiger partial charge in [-0.15, -0.1) is 0 Å².